The fraction of sp³-hybridized carbons (Fsp3) is 0.438. The van der Waals surface area contributed by atoms with E-state index in [9.17, 15) is 9.18 Å². The SMILES string of the molecule is CCNC(=O)[C@H](C)Sc1nnc(-c2ccccc2F)n1C1CC1. The van der Waals surface area contributed by atoms with Crippen LogP contribution in [0.3, 0.4) is 0 Å². The van der Waals surface area contributed by atoms with E-state index in [1.807, 2.05) is 18.4 Å². The lowest BCUT2D eigenvalue weighted by atomic mass is 10.2. The van der Waals surface area contributed by atoms with Crippen molar-refractivity contribution < 1.29 is 9.18 Å². The van der Waals surface area contributed by atoms with E-state index in [0.29, 0.717) is 29.1 Å². The second-order valence-electron chi connectivity index (χ2n) is 5.54. The Morgan fingerprint density at radius 1 is 1.43 bits per heavy atom. The van der Waals surface area contributed by atoms with Crippen molar-refractivity contribution in [2.24, 2.45) is 0 Å². The van der Waals surface area contributed by atoms with Crippen LogP contribution in [0.25, 0.3) is 11.4 Å². The zero-order valence-corrected chi connectivity index (χ0v) is 13.9. The summed E-state index contributed by atoms with van der Waals surface area (Å²) in [5.41, 5.74) is 0.449. The number of benzene rings is 1. The fourth-order valence-electron chi connectivity index (χ4n) is 2.38. The van der Waals surface area contributed by atoms with Crippen LogP contribution in [0.4, 0.5) is 4.39 Å². The highest BCUT2D eigenvalue weighted by Crippen LogP contribution is 2.42. The van der Waals surface area contributed by atoms with Crippen LogP contribution in [-0.4, -0.2) is 32.5 Å². The molecule has 1 N–H and O–H groups in total. The summed E-state index contributed by atoms with van der Waals surface area (Å²) >= 11 is 1.36. The third kappa shape index (κ3) is 3.39. The number of rotatable bonds is 6. The first-order valence-corrected chi connectivity index (χ1v) is 8.64. The van der Waals surface area contributed by atoms with Crippen molar-refractivity contribution in [2.45, 2.75) is 43.1 Å². The van der Waals surface area contributed by atoms with Gasteiger partial charge in [-0.3, -0.25) is 9.36 Å². The molecule has 0 saturated heterocycles. The highest BCUT2D eigenvalue weighted by atomic mass is 32.2. The summed E-state index contributed by atoms with van der Waals surface area (Å²) in [7, 11) is 0. The van der Waals surface area contributed by atoms with E-state index in [2.05, 4.69) is 15.5 Å². The van der Waals surface area contributed by atoms with Gasteiger partial charge in [0.15, 0.2) is 11.0 Å². The second kappa shape index (κ2) is 6.70. The largest absolute Gasteiger partial charge is 0.355 e. The topological polar surface area (TPSA) is 59.8 Å². The fourth-order valence-corrected chi connectivity index (χ4v) is 3.32. The van der Waals surface area contributed by atoms with Crippen molar-refractivity contribution in [1.82, 2.24) is 20.1 Å². The predicted molar refractivity (Wildman–Crippen MR) is 87.7 cm³/mol. The first kappa shape index (κ1) is 16.0. The number of halogens is 1. The maximum absolute atomic E-state index is 14.1. The van der Waals surface area contributed by atoms with E-state index in [1.165, 1.54) is 17.8 Å². The maximum atomic E-state index is 14.1. The van der Waals surface area contributed by atoms with Crippen molar-refractivity contribution in [3.63, 3.8) is 0 Å². The molecule has 7 heteroatoms. The van der Waals surface area contributed by atoms with Crippen LogP contribution < -0.4 is 5.32 Å². The normalized spacial score (nSPS) is 15.4. The van der Waals surface area contributed by atoms with Gasteiger partial charge in [0.05, 0.1) is 10.8 Å². The molecule has 1 aliphatic carbocycles. The Bertz CT molecular complexity index is 714. The van der Waals surface area contributed by atoms with Gasteiger partial charge in [0.2, 0.25) is 5.91 Å². The number of thioether (sulfide) groups is 1. The number of amides is 1. The molecule has 23 heavy (non-hydrogen) atoms. The minimum atomic E-state index is -0.310. The van der Waals surface area contributed by atoms with Gasteiger partial charge in [0, 0.05) is 12.6 Å². The summed E-state index contributed by atoms with van der Waals surface area (Å²) in [4.78, 5) is 11.9. The van der Waals surface area contributed by atoms with Crippen LogP contribution >= 0.6 is 11.8 Å². The van der Waals surface area contributed by atoms with Crippen LogP contribution in [-0.2, 0) is 4.79 Å². The number of aromatic nitrogens is 3. The van der Waals surface area contributed by atoms with E-state index in [4.69, 9.17) is 0 Å². The summed E-state index contributed by atoms with van der Waals surface area (Å²) < 4.78 is 16.1. The zero-order valence-electron chi connectivity index (χ0n) is 13.1. The summed E-state index contributed by atoms with van der Waals surface area (Å²) in [6, 6.07) is 6.87. The Balaban J connectivity index is 1.91. The van der Waals surface area contributed by atoms with Gasteiger partial charge < -0.3 is 5.32 Å². The molecule has 3 rings (SSSR count). The number of nitrogens with one attached hydrogen (secondary N) is 1. The highest BCUT2D eigenvalue weighted by Gasteiger charge is 2.32. The summed E-state index contributed by atoms with van der Waals surface area (Å²) in [5, 5.41) is 11.6. The van der Waals surface area contributed by atoms with Crippen LogP contribution in [0.5, 0.6) is 0 Å². The first-order valence-electron chi connectivity index (χ1n) is 7.76. The molecule has 2 aromatic rings. The molecule has 1 heterocycles. The van der Waals surface area contributed by atoms with Crippen LogP contribution in [0.2, 0.25) is 0 Å². The molecular weight excluding hydrogens is 315 g/mol. The van der Waals surface area contributed by atoms with Gasteiger partial charge in [0.1, 0.15) is 5.82 Å². The monoisotopic (exact) mass is 334 g/mol. The molecule has 0 bridgehead atoms. The number of hydrogen-bond donors (Lipinski definition) is 1. The molecule has 0 radical (unpaired) electrons. The maximum Gasteiger partial charge on any atom is 0.233 e. The van der Waals surface area contributed by atoms with Gasteiger partial charge in [-0.05, 0) is 38.8 Å². The van der Waals surface area contributed by atoms with E-state index >= 15 is 0 Å². The van der Waals surface area contributed by atoms with E-state index in [0.717, 1.165) is 12.8 Å². The minimum Gasteiger partial charge on any atom is -0.355 e. The highest BCUT2D eigenvalue weighted by molar-refractivity contribution is 8.00. The van der Waals surface area contributed by atoms with Crippen LogP contribution in [0.1, 0.15) is 32.7 Å². The standard InChI is InChI=1S/C16H19FN4OS/c1-3-18-15(22)10(2)23-16-20-19-14(21(16)11-8-9-11)12-6-4-5-7-13(12)17/h4-7,10-11H,3,8-9H2,1-2H3,(H,18,22)/t10-/m0/s1. The number of hydrogen-bond acceptors (Lipinski definition) is 4. The minimum absolute atomic E-state index is 0.0321. The van der Waals surface area contributed by atoms with Gasteiger partial charge in [-0.1, -0.05) is 23.9 Å². The molecule has 122 valence electrons. The number of carbonyl (C=O) groups excluding carboxylic acids is 1. The first-order chi connectivity index (χ1) is 11.1. The number of nitrogens with zero attached hydrogens (tertiary/aromatic N) is 3. The third-order valence-corrected chi connectivity index (χ3v) is 4.75. The van der Waals surface area contributed by atoms with Crippen molar-refractivity contribution >= 4 is 17.7 Å². The van der Waals surface area contributed by atoms with Gasteiger partial charge in [-0.2, -0.15) is 0 Å². The smallest absolute Gasteiger partial charge is 0.233 e. The molecule has 1 aromatic heterocycles. The molecule has 1 atom stereocenters. The van der Waals surface area contributed by atoms with Crippen molar-refractivity contribution in [2.75, 3.05) is 6.54 Å². The molecule has 0 aliphatic heterocycles. The predicted octanol–water partition coefficient (Wildman–Crippen LogP) is 3.04. The lowest BCUT2D eigenvalue weighted by Crippen LogP contribution is -2.30. The lowest BCUT2D eigenvalue weighted by Gasteiger charge is -2.12. The molecule has 1 amide bonds. The molecule has 1 fully saturated rings. The molecule has 1 saturated carbocycles. The Morgan fingerprint density at radius 2 is 2.17 bits per heavy atom. The van der Waals surface area contributed by atoms with Crippen LogP contribution in [0.15, 0.2) is 29.4 Å². The number of carbonyl (C=O) groups is 1. The molecule has 0 spiro atoms. The van der Waals surface area contributed by atoms with Crippen molar-refractivity contribution in [1.29, 1.82) is 0 Å². The van der Waals surface area contributed by atoms with Crippen molar-refractivity contribution in [3.05, 3.63) is 30.1 Å². The van der Waals surface area contributed by atoms with E-state index < -0.39 is 0 Å². The van der Waals surface area contributed by atoms with Crippen LogP contribution in [0, 0.1) is 5.82 Å². The Kier molecular flexibility index (Phi) is 4.66. The lowest BCUT2D eigenvalue weighted by molar-refractivity contribution is -0.120. The Labute approximate surface area is 138 Å². The third-order valence-electron chi connectivity index (χ3n) is 3.69. The van der Waals surface area contributed by atoms with E-state index in [-0.39, 0.29) is 17.0 Å². The molecule has 5 nitrogen and oxygen atoms in total. The quantitative estimate of drug-likeness (QED) is 0.825. The molecule has 1 aromatic carbocycles. The molecule has 1 aliphatic rings. The van der Waals surface area contributed by atoms with E-state index in [1.54, 1.807) is 18.2 Å². The summed E-state index contributed by atoms with van der Waals surface area (Å²) in [5.74, 6) is 0.196. The molecule has 0 unspecified atom stereocenters. The Hall–Kier alpha value is -1.89. The van der Waals surface area contributed by atoms with Gasteiger partial charge in [-0.15, -0.1) is 10.2 Å². The Morgan fingerprint density at radius 3 is 2.83 bits per heavy atom. The summed E-state index contributed by atoms with van der Waals surface area (Å²) in [6.07, 6.45) is 2.06. The molecular formula is C16H19FN4OS. The second-order valence-corrected chi connectivity index (χ2v) is 6.85. The average molecular weight is 334 g/mol. The average Bonchev–Trinajstić information content (AvgIpc) is 3.29. The summed E-state index contributed by atoms with van der Waals surface area (Å²) in [6.45, 7) is 4.32. The van der Waals surface area contributed by atoms with Crippen molar-refractivity contribution in [3.8, 4) is 11.4 Å². The zero-order chi connectivity index (χ0) is 16.4. The van der Waals surface area contributed by atoms with Gasteiger partial charge >= 0.3 is 0 Å². The van der Waals surface area contributed by atoms with Gasteiger partial charge in [-0.25, -0.2) is 4.39 Å². The van der Waals surface area contributed by atoms with Gasteiger partial charge in [0.25, 0.3) is 0 Å².